The Hall–Kier alpha value is -8.08. The van der Waals surface area contributed by atoms with Crippen LogP contribution in [0.1, 0.15) is 18.0 Å². The molecule has 0 radical (unpaired) electrons. The molecule has 0 saturated carbocycles. The fourth-order valence-corrected chi connectivity index (χ4v) is 9.62. The number of aromatic nitrogens is 4. The molecule has 292 valence electrons. The first-order valence-electron chi connectivity index (χ1n) is 21.4. The van der Waals surface area contributed by atoms with Crippen LogP contribution in [0.3, 0.4) is 0 Å². The van der Waals surface area contributed by atoms with Gasteiger partial charge in [-0.15, -0.1) is 0 Å². The zero-order valence-electron chi connectivity index (χ0n) is 33.9. The lowest BCUT2D eigenvalue weighted by Gasteiger charge is -2.22. The van der Waals surface area contributed by atoms with E-state index in [0.29, 0.717) is 5.82 Å². The van der Waals surface area contributed by atoms with Crippen molar-refractivity contribution in [3.8, 4) is 56.3 Å². The summed E-state index contributed by atoms with van der Waals surface area (Å²) in [6, 6.07) is 72.1. The predicted octanol–water partition coefficient (Wildman–Crippen LogP) is 14.9. The number of hydrogen-bond acceptors (Lipinski definition) is 2. The fourth-order valence-electron chi connectivity index (χ4n) is 9.62. The molecule has 0 bridgehead atoms. The Morgan fingerprint density at radius 1 is 0.435 bits per heavy atom. The van der Waals surface area contributed by atoms with Crippen LogP contribution in [0.15, 0.2) is 224 Å². The Morgan fingerprint density at radius 3 is 1.66 bits per heavy atom. The molecule has 12 rings (SSSR count). The molecular formula is C58H40N4. The molecule has 62 heavy (non-hydrogen) atoms. The zero-order valence-corrected chi connectivity index (χ0v) is 33.9. The van der Waals surface area contributed by atoms with Crippen molar-refractivity contribution in [2.75, 3.05) is 0 Å². The molecule has 11 aromatic rings. The first kappa shape index (κ1) is 35.8. The first-order valence-corrected chi connectivity index (χ1v) is 21.4. The highest BCUT2D eigenvalue weighted by molar-refractivity contribution is 6.26. The second-order valence-electron chi connectivity index (χ2n) is 16.1. The van der Waals surface area contributed by atoms with Gasteiger partial charge in [-0.1, -0.05) is 176 Å². The van der Waals surface area contributed by atoms with E-state index in [0.717, 1.165) is 68.1 Å². The number of nitrogens with zero attached hydrogens (tertiary/aromatic N) is 4. The van der Waals surface area contributed by atoms with E-state index in [1.807, 2.05) is 0 Å². The van der Waals surface area contributed by atoms with E-state index in [1.165, 1.54) is 38.1 Å². The summed E-state index contributed by atoms with van der Waals surface area (Å²) >= 11 is 0. The van der Waals surface area contributed by atoms with E-state index in [-0.39, 0.29) is 5.92 Å². The zero-order chi connectivity index (χ0) is 41.0. The average molecular weight is 793 g/mol. The number of para-hydroxylation sites is 3. The monoisotopic (exact) mass is 792 g/mol. The van der Waals surface area contributed by atoms with Crippen LogP contribution in [-0.4, -0.2) is 19.1 Å². The molecule has 1 aliphatic carbocycles. The lowest BCUT2D eigenvalue weighted by Crippen LogP contribution is -2.05. The second kappa shape index (κ2) is 14.9. The standard InChI is InChI=1S/C58H40N4/c1-6-20-39(21-7-1)48-36-43(58-59-50(41-24-10-3-11-25-41)38-51(60-58)42-26-12-4-13-27-42)37-49(40-22-8-2-9-23-40)56(48)62-52-32-18-16-30-45(52)46-34-35-54-55(57(46)62)47-31-17-19-33-53(47)61(54)44-28-14-5-15-29-44/h1-26,28-38,42H,27H2. The minimum Gasteiger partial charge on any atom is -0.309 e. The smallest absolute Gasteiger partial charge is 0.160 e. The molecule has 3 aromatic heterocycles. The van der Waals surface area contributed by atoms with Crippen molar-refractivity contribution in [2.24, 2.45) is 0 Å². The lowest BCUT2D eigenvalue weighted by atomic mass is 9.92. The van der Waals surface area contributed by atoms with Gasteiger partial charge in [-0.3, -0.25) is 0 Å². The quantitative estimate of drug-likeness (QED) is 0.161. The first-order chi connectivity index (χ1) is 30.8. The Balaban J connectivity index is 1.23. The molecule has 3 heterocycles. The van der Waals surface area contributed by atoms with Crippen LogP contribution < -0.4 is 0 Å². The normalized spacial score (nSPS) is 13.8. The summed E-state index contributed by atoms with van der Waals surface area (Å²) in [6.45, 7) is 0. The minimum atomic E-state index is 0.156. The van der Waals surface area contributed by atoms with Crippen LogP contribution in [0, 0.1) is 0 Å². The van der Waals surface area contributed by atoms with Gasteiger partial charge in [-0.05, 0) is 66.1 Å². The molecule has 0 N–H and O–H groups in total. The molecule has 8 aromatic carbocycles. The third-order valence-electron chi connectivity index (χ3n) is 12.4. The third-order valence-corrected chi connectivity index (χ3v) is 12.4. The topological polar surface area (TPSA) is 35.6 Å². The van der Waals surface area contributed by atoms with Gasteiger partial charge in [0.05, 0.1) is 39.1 Å². The van der Waals surface area contributed by atoms with E-state index in [1.54, 1.807) is 0 Å². The number of rotatable bonds is 7. The van der Waals surface area contributed by atoms with Crippen molar-refractivity contribution in [1.82, 2.24) is 19.1 Å². The third kappa shape index (κ3) is 5.91. The Labute approximate surface area is 360 Å². The summed E-state index contributed by atoms with van der Waals surface area (Å²) in [7, 11) is 0. The maximum atomic E-state index is 5.42. The number of hydrogen-bond donors (Lipinski definition) is 0. The Bertz CT molecular complexity index is 3460. The lowest BCUT2D eigenvalue weighted by molar-refractivity contribution is 0.811. The molecule has 1 unspecified atom stereocenters. The minimum absolute atomic E-state index is 0.156. The molecule has 0 saturated heterocycles. The van der Waals surface area contributed by atoms with Crippen molar-refractivity contribution in [2.45, 2.75) is 12.3 Å². The maximum absolute atomic E-state index is 5.42. The van der Waals surface area contributed by atoms with Crippen molar-refractivity contribution in [3.63, 3.8) is 0 Å². The molecule has 0 aliphatic heterocycles. The van der Waals surface area contributed by atoms with Crippen LogP contribution in [-0.2, 0) is 0 Å². The van der Waals surface area contributed by atoms with Gasteiger partial charge in [-0.2, -0.15) is 0 Å². The van der Waals surface area contributed by atoms with Gasteiger partial charge in [0.1, 0.15) is 0 Å². The highest BCUT2D eigenvalue weighted by Crippen LogP contribution is 2.47. The molecule has 0 amide bonds. The highest BCUT2D eigenvalue weighted by atomic mass is 15.0. The summed E-state index contributed by atoms with van der Waals surface area (Å²) in [5.74, 6) is 0.865. The largest absolute Gasteiger partial charge is 0.309 e. The van der Waals surface area contributed by atoms with E-state index in [4.69, 9.17) is 9.97 Å². The van der Waals surface area contributed by atoms with Crippen LogP contribution >= 0.6 is 0 Å². The average Bonchev–Trinajstić information content (AvgIpc) is 3.87. The van der Waals surface area contributed by atoms with Gasteiger partial charge in [0.25, 0.3) is 0 Å². The molecule has 0 fully saturated rings. The molecule has 1 aliphatic rings. The number of allylic oxidation sites excluding steroid dienone is 4. The fraction of sp³-hybridized carbons (Fsp3) is 0.0345. The maximum Gasteiger partial charge on any atom is 0.160 e. The Kier molecular flexibility index (Phi) is 8.60. The summed E-state index contributed by atoms with van der Waals surface area (Å²) in [6.07, 6.45) is 9.63. The van der Waals surface area contributed by atoms with Crippen LogP contribution in [0.25, 0.3) is 99.9 Å². The van der Waals surface area contributed by atoms with E-state index < -0.39 is 0 Å². The van der Waals surface area contributed by atoms with Gasteiger partial charge in [0, 0.05) is 55.4 Å². The molecule has 4 nitrogen and oxygen atoms in total. The van der Waals surface area contributed by atoms with Crippen molar-refractivity contribution in [1.29, 1.82) is 0 Å². The summed E-state index contributed by atoms with van der Waals surface area (Å²) < 4.78 is 4.96. The van der Waals surface area contributed by atoms with Crippen LogP contribution in [0.2, 0.25) is 0 Å². The number of fused-ring (bicyclic) bond motifs is 7. The van der Waals surface area contributed by atoms with E-state index in [2.05, 4.69) is 234 Å². The van der Waals surface area contributed by atoms with E-state index in [9.17, 15) is 0 Å². The SMILES string of the molecule is C1=CCC(c2cc(-c3ccccc3)nc(-c3cc(-c4ccccc4)c(-n4c5ccccc5c5ccc6c(c7ccccc7n6-c6ccccc6)c54)c(-c4ccccc4)c3)n2)C=C1. The van der Waals surface area contributed by atoms with Crippen molar-refractivity contribution in [3.05, 3.63) is 230 Å². The Morgan fingerprint density at radius 2 is 1.02 bits per heavy atom. The van der Waals surface area contributed by atoms with Gasteiger partial charge in [0.2, 0.25) is 0 Å². The molecule has 1 atom stereocenters. The molecular weight excluding hydrogens is 753 g/mol. The predicted molar refractivity (Wildman–Crippen MR) is 258 cm³/mol. The number of benzene rings is 8. The van der Waals surface area contributed by atoms with Crippen molar-refractivity contribution < 1.29 is 0 Å². The van der Waals surface area contributed by atoms with E-state index >= 15 is 0 Å². The van der Waals surface area contributed by atoms with Gasteiger partial charge >= 0.3 is 0 Å². The summed E-state index contributed by atoms with van der Waals surface area (Å²) in [5.41, 5.74) is 15.3. The highest BCUT2D eigenvalue weighted by Gasteiger charge is 2.26. The van der Waals surface area contributed by atoms with Crippen LogP contribution in [0.5, 0.6) is 0 Å². The van der Waals surface area contributed by atoms with Crippen LogP contribution in [0.4, 0.5) is 0 Å². The van der Waals surface area contributed by atoms with Crippen molar-refractivity contribution >= 4 is 43.6 Å². The molecule has 4 heteroatoms. The molecule has 0 spiro atoms. The van der Waals surface area contributed by atoms with Gasteiger partial charge in [0.15, 0.2) is 5.82 Å². The second-order valence-corrected chi connectivity index (χ2v) is 16.1. The summed E-state index contributed by atoms with van der Waals surface area (Å²) in [4.78, 5) is 10.8. The van der Waals surface area contributed by atoms with Gasteiger partial charge < -0.3 is 9.13 Å². The van der Waals surface area contributed by atoms with Gasteiger partial charge in [-0.25, -0.2) is 9.97 Å². The summed E-state index contributed by atoms with van der Waals surface area (Å²) in [5, 5.41) is 4.86.